The van der Waals surface area contributed by atoms with Gasteiger partial charge in [-0.25, -0.2) is 4.79 Å². The van der Waals surface area contributed by atoms with Gasteiger partial charge in [0.05, 0.1) is 32.2 Å². The van der Waals surface area contributed by atoms with E-state index in [4.69, 9.17) is 37.8 Å². The number of nitrogens with zero attached hydrogens (tertiary/aromatic N) is 1. The minimum atomic E-state index is -5.08. The van der Waals surface area contributed by atoms with Gasteiger partial charge in [-0.1, -0.05) is 29.3 Å². The summed E-state index contributed by atoms with van der Waals surface area (Å²) >= 11 is 12.2. The predicted molar refractivity (Wildman–Crippen MR) is 145 cm³/mol. The van der Waals surface area contributed by atoms with Gasteiger partial charge >= 0.3 is 18.1 Å². The van der Waals surface area contributed by atoms with E-state index in [1.54, 1.807) is 43.3 Å². The van der Waals surface area contributed by atoms with E-state index in [1.807, 2.05) is 6.07 Å². The van der Waals surface area contributed by atoms with Crippen LogP contribution < -0.4 is 21.3 Å². The average Bonchev–Trinajstić information content (AvgIpc) is 3.39. The molecule has 1 aliphatic rings. The fourth-order valence-corrected chi connectivity index (χ4v) is 3.82. The van der Waals surface area contributed by atoms with Crippen molar-refractivity contribution in [3.05, 3.63) is 63.6 Å². The fourth-order valence-electron chi connectivity index (χ4n) is 3.28. The highest BCUT2D eigenvalue weighted by molar-refractivity contribution is 6.34. The van der Waals surface area contributed by atoms with E-state index in [1.165, 1.54) is 0 Å². The van der Waals surface area contributed by atoms with Crippen LogP contribution in [0.15, 0.2) is 47.5 Å². The summed E-state index contributed by atoms with van der Waals surface area (Å²) in [5.74, 6) is -3.51. The maximum atomic E-state index is 12.6. The number of alkyl halides is 3. The van der Waals surface area contributed by atoms with Crippen LogP contribution in [0.3, 0.4) is 0 Å². The number of rotatable bonds is 9. The van der Waals surface area contributed by atoms with E-state index >= 15 is 0 Å². The lowest BCUT2D eigenvalue weighted by Crippen LogP contribution is -2.39. The highest BCUT2D eigenvalue weighted by atomic mass is 35.5. The zero-order valence-electron chi connectivity index (χ0n) is 21.5. The summed E-state index contributed by atoms with van der Waals surface area (Å²) in [5, 5.41) is 19.4. The van der Waals surface area contributed by atoms with Gasteiger partial charge in [0.1, 0.15) is 0 Å². The van der Waals surface area contributed by atoms with Crippen LogP contribution in [0, 0.1) is 0 Å². The molecule has 41 heavy (non-hydrogen) atoms. The lowest BCUT2D eigenvalue weighted by Gasteiger charge is -2.19. The number of ether oxygens (including phenoxy) is 1. The molecule has 1 aliphatic heterocycles. The van der Waals surface area contributed by atoms with Gasteiger partial charge in [0, 0.05) is 27.8 Å². The molecule has 11 nitrogen and oxygen atoms in total. The smallest absolute Gasteiger partial charge is 0.475 e. The van der Waals surface area contributed by atoms with Crippen LogP contribution in [0.4, 0.5) is 18.9 Å². The monoisotopic (exact) mass is 619 g/mol. The highest BCUT2D eigenvalue weighted by Gasteiger charge is 2.38. The Morgan fingerprint density at radius 2 is 1.78 bits per heavy atom. The number of carboxylic acids is 1. The number of carbonyl (C=O) groups is 4. The first-order valence-electron chi connectivity index (χ1n) is 11.9. The molecular weight excluding hydrogens is 594 g/mol. The van der Waals surface area contributed by atoms with Crippen molar-refractivity contribution < 1.29 is 42.2 Å². The van der Waals surface area contributed by atoms with E-state index in [9.17, 15) is 27.6 Å². The standard InChI is InChI=1S/C23H25Cl2N5O4.C2HF3O2/c1-2-34-21(32)12-19(15-8-16(24)11-17(25)9-15)30-20(31)13-28-22(33)14-4-3-5-18(10-14)29-23-26-6-7-27-23;3-2(4,5)1(6)7/h3-5,8-11,19H,2,6-7,12-13H2,1H3,(H,28,33)(H,30,31)(H2,26,27,29);(H,6,7). The number of hydrogen-bond donors (Lipinski definition) is 5. The van der Waals surface area contributed by atoms with Gasteiger partial charge < -0.3 is 31.1 Å². The highest BCUT2D eigenvalue weighted by Crippen LogP contribution is 2.26. The third-order valence-electron chi connectivity index (χ3n) is 5.01. The van der Waals surface area contributed by atoms with Crippen LogP contribution in [-0.4, -0.2) is 67.2 Å². The number of nitrogens with one attached hydrogen (secondary N) is 4. The van der Waals surface area contributed by atoms with Crippen molar-refractivity contribution in [3.63, 3.8) is 0 Å². The number of carbonyl (C=O) groups excluding carboxylic acids is 3. The van der Waals surface area contributed by atoms with Crippen LogP contribution >= 0.6 is 23.2 Å². The molecule has 0 fully saturated rings. The van der Waals surface area contributed by atoms with Crippen molar-refractivity contribution in [2.75, 3.05) is 31.6 Å². The van der Waals surface area contributed by atoms with E-state index in [0.717, 1.165) is 6.54 Å². The molecule has 2 amide bonds. The second kappa shape index (κ2) is 15.7. The molecule has 5 N–H and O–H groups in total. The third kappa shape index (κ3) is 11.9. The number of esters is 1. The summed E-state index contributed by atoms with van der Waals surface area (Å²) in [6.45, 7) is 3.06. The number of aliphatic carboxylic acids is 1. The Hall–Kier alpha value is -4.04. The maximum Gasteiger partial charge on any atom is 0.490 e. The number of carboxylic acid groups (broad SMARTS) is 1. The molecule has 1 unspecified atom stereocenters. The predicted octanol–water partition coefficient (Wildman–Crippen LogP) is 3.54. The van der Waals surface area contributed by atoms with Gasteiger partial charge in [-0.3, -0.25) is 19.4 Å². The minimum absolute atomic E-state index is 0.115. The van der Waals surface area contributed by atoms with Gasteiger partial charge in [0.25, 0.3) is 5.91 Å². The molecule has 0 saturated heterocycles. The molecule has 0 bridgehead atoms. The summed E-state index contributed by atoms with van der Waals surface area (Å²) in [4.78, 5) is 50.4. The molecule has 1 heterocycles. The quantitative estimate of drug-likeness (QED) is 0.267. The summed E-state index contributed by atoms with van der Waals surface area (Å²) in [5.41, 5.74) is 1.62. The molecule has 0 spiro atoms. The summed E-state index contributed by atoms with van der Waals surface area (Å²) in [6.07, 6.45) is -5.20. The van der Waals surface area contributed by atoms with Crippen molar-refractivity contribution in [1.82, 2.24) is 16.0 Å². The van der Waals surface area contributed by atoms with Crippen molar-refractivity contribution in [2.24, 2.45) is 4.99 Å². The average molecular weight is 620 g/mol. The number of aliphatic imine (C=N–C) groups is 1. The Kier molecular flexibility index (Phi) is 12.7. The van der Waals surface area contributed by atoms with Crippen LogP contribution in [0.5, 0.6) is 0 Å². The van der Waals surface area contributed by atoms with Crippen LogP contribution in [0.1, 0.15) is 35.3 Å². The SMILES string of the molecule is CCOC(=O)CC(NC(=O)CNC(=O)c1cccc(NC2=NCCN2)c1)c1cc(Cl)cc(Cl)c1.O=C(O)C(F)(F)F. The number of amides is 2. The number of anilines is 1. The van der Waals surface area contributed by atoms with Gasteiger partial charge in [0.2, 0.25) is 5.91 Å². The molecule has 1 atom stereocenters. The van der Waals surface area contributed by atoms with Gasteiger partial charge in [-0.2, -0.15) is 13.2 Å². The number of halogens is 5. The van der Waals surface area contributed by atoms with Gasteiger partial charge in [-0.05, 0) is 48.9 Å². The van der Waals surface area contributed by atoms with Crippen LogP contribution in [0.25, 0.3) is 0 Å². The summed E-state index contributed by atoms with van der Waals surface area (Å²) < 4.78 is 36.7. The van der Waals surface area contributed by atoms with E-state index in [0.29, 0.717) is 39.4 Å². The molecule has 2 aromatic rings. The number of hydrogen-bond acceptors (Lipinski definition) is 8. The maximum absolute atomic E-state index is 12.6. The largest absolute Gasteiger partial charge is 0.490 e. The van der Waals surface area contributed by atoms with Crippen molar-refractivity contribution in [2.45, 2.75) is 25.6 Å². The molecule has 16 heteroatoms. The van der Waals surface area contributed by atoms with Crippen LogP contribution in [0.2, 0.25) is 10.0 Å². The first-order chi connectivity index (χ1) is 19.3. The Morgan fingerprint density at radius 1 is 1.12 bits per heavy atom. The lowest BCUT2D eigenvalue weighted by molar-refractivity contribution is -0.192. The molecule has 0 aliphatic carbocycles. The zero-order chi connectivity index (χ0) is 30.6. The second-order valence-corrected chi connectivity index (χ2v) is 9.05. The Balaban J connectivity index is 0.000000745. The molecule has 0 saturated carbocycles. The topological polar surface area (TPSA) is 158 Å². The normalized spacial score (nSPS) is 13.0. The Bertz CT molecular complexity index is 1270. The fraction of sp³-hybridized carbons (Fsp3) is 0.320. The van der Waals surface area contributed by atoms with Crippen molar-refractivity contribution in [3.8, 4) is 0 Å². The van der Waals surface area contributed by atoms with E-state index in [2.05, 4.69) is 26.3 Å². The van der Waals surface area contributed by atoms with Crippen LogP contribution in [-0.2, 0) is 19.1 Å². The molecular formula is C25H26Cl2F3N5O6. The molecule has 3 rings (SSSR count). The molecule has 0 radical (unpaired) electrons. The molecule has 0 aromatic heterocycles. The Labute approximate surface area is 242 Å². The third-order valence-corrected chi connectivity index (χ3v) is 5.45. The Morgan fingerprint density at radius 3 is 2.34 bits per heavy atom. The minimum Gasteiger partial charge on any atom is -0.475 e. The molecule has 222 valence electrons. The zero-order valence-corrected chi connectivity index (χ0v) is 23.0. The summed E-state index contributed by atoms with van der Waals surface area (Å²) in [6, 6.07) is 10.9. The first kappa shape index (κ1) is 33.2. The van der Waals surface area contributed by atoms with E-state index in [-0.39, 0.29) is 19.6 Å². The molecule has 2 aromatic carbocycles. The van der Waals surface area contributed by atoms with Crippen molar-refractivity contribution >= 4 is 58.6 Å². The van der Waals surface area contributed by atoms with E-state index < -0.39 is 36.0 Å². The lowest BCUT2D eigenvalue weighted by atomic mass is 10.0. The van der Waals surface area contributed by atoms with Gasteiger partial charge in [-0.15, -0.1) is 0 Å². The number of guanidine groups is 1. The first-order valence-corrected chi connectivity index (χ1v) is 12.7. The van der Waals surface area contributed by atoms with Gasteiger partial charge in [0.15, 0.2) is 5.96 Å². The second-order valence-electron chi connectivity index (χ2n) is 8.18. The van der Waals surface area contributed by atoms with Crippen molar-refractivity contribution in [1.29, 1.82) is 0 Å². The summed E-state index contributed by atoms with van der Waals surface area (Å²) in [7, 11) is 0. The number of benzene rings is 2.